The smallest absolute Gasteiger partial charge is 0.305 e. The number of hydrogen-bond acceptors (Lipinski definition) is 4. The molecule has 0 radical (unpaired) electrons. The van der Waals surface area contributed by atoms with E-state index in [1.54, 1.807) is 0 Å². The standard InChI is InChI=1S/C14H17FN2O4/c1-14(4-6-21-7-5-14)9-16-13(18)10-2-3-11(15)12(8-10)17(19)20/h2-3,8H,4-7,9H2,1H3,(H,16,18). The van der Waals surface area contributed by atoms with Crippen LogP contribution >= 0.6 is 0 Å². The summed E-state index contributed by atoms with van der Waals surface area (Å²) in [5, 5.41) is 13.4. The molecule has 1 aliphatic heterocycles. The van der Waals surface area contributed by atoms with E-state index in [2.05, 4.69) is 12.2 Å². The quantitative estimate of drug-likeness (QED) is 0.682. The number of ether oxygens (including phenoxy) is 1. The Hall–Kier alpha value is -2.02. The number of nitrogens with one attached hydrogen (secondary N) is 1. The molecule has 0 aromatic heterocycles. The summed E-state index contributed by atoms with van der Waals surface area (Å²) in [5.74, 6) is -1.39. The van der Waals surface area contributed by atoms with E-state index >= 15 is 0 Å². The van der Waals surface area contributed by atoms with E-state index < -0.39 is 22.3 Å². The fraction of sp³-hybridized carbons (Fsp3) is 0.500. The zero-order valence-electron chi connectivity index (χ0n) is 11.7. The van der Waals surface area contributed by atoms with Crippen molar-refractivity contribution in [1.82, 2.24) is 5.32 Å². The summed E-state index contributed by atoms with van der Waals surface area (Å²) in [7, 11) is 0. The first-order chi connectivity index (χ1) is 9.91. The van der Waals surface area contributed by atoms with Crippen molar-refractivity contribution in [3.8, 4) is 0 Å². The van der Waals surface area contributed by atoms with Crippen molar-refractivity contribution in [2.45, 2.75) is 19.8 Å². The Morgan fingerprint density at radius 3 is 2.76 bits per heavy atom. The van der Waals surface area contributed by atoms with Gasteiger partial charge in [0, 0.05) is 31.4 Å². The lowest BCUT2D eigenvalue weighted by atomic mass is 9.82. The van der Waals surface area contributed by atoms with E-state index in [9.17, 15) is 19.3 Å². The van der Waals surface area contributed by atoms with E-state index in [-0.39, 0.29) is 11.0 Å². The lowest BCUT2D eigenvalue weighted by Crippen LogP contribution is -2.39. The third-order valence-corrected chi connectivity index (χ3v) is 3.78. The summed E-state index contributed by atoms with van der Waals surface area (Å²) >= 11 is 0. The molecule has 21 heavy (non-hydrogen) atoms. The number of amides is 1. The first-order valence-electron chi connectivity index (χ1n) is 6.71. The van der Waals surface area contributed by atoms with E-state index in [4.69, 9.17) is 4.74 Å². The van der Waals surface area contributed by atoms with Gasteiger partial charge in [0.25, 0.3) is 5.91 Å². The van der Waals surface area contributed by atoms with Crippen LogP contribution in [0, 0.1) is 21.3 Å². The van der Waals surface area contributed by atoms with Crippen LogP contribution in [0.1, 0.15) is 30.1 Å². The summed E-state index contributed by atoms with van der Waals surface area (Å²) in [6, 6.07) is 3.13. The lowest BCUT2D eigenvalue weighted by molar-refractivity contribution is -0.387. The van der Waals surface area contributed by atoms with E-state index in [1.807, 2.05) is 0 Å². The molecule has 1 aromatic carbocycles. The van der Waals surface area contributed by atoms with Gasteiger partial charge in [-0.05, 0) is 30.4 Å². The van der Waals surface area contributed by atoms with Crippen LogP contribution in [-0.2, 0) is 4.74 Å². The molecule has 1 aromatic rings. The highest BCUT2D eigenvalue weighted by atomic mass is 19.1. The van der Waals surface area contributed by atoms with Gasteiger partial charge in [-0.1, -0.05) is 6.92 Å². The molecule has 1 aliphatic rings. The first kappa shape index (κ1) is 15.4. The van der Waals surface area contributed by atoms with Gasteiger partial charge in [0.1, 0.15) is 0 Å². The van der Waals surface area contributed by atoms with Gasteiger partial charge in [-0.2, -0.15) is 4.39 Å². The topological polar surface area (TPSA) is 81.5 Å². The summed E-state index contributed by atoms with van der Waals surface area (Å²) in [6.45, 7) is 3.84. The van der Waals surface area contributed by atoms with Crippen LogP contribution in [0.4, 0.5) is 10.1 Å². The zero-order chi connectivity index (χ0) is 15.5. The van der Waals surface area contributed by atoms with E-state index in [0.717, 1.165) is 25.0 Å². The van der Waals surface area contributed by atoms with Crippen molar-refractivity contribution >= 4 is 11.6 Å². The van der Waals surface area contributed by atoms with Gasteiger partial charge in [0.05, 0.1) is 4.92 Å². The third kappa shape index (κ3) is 3.75. The normalized spacial score (nSPS) is 17.2. The third-order valence-electron chi connectivity index (χ3n) is 3.78. The maximum absolute atomic E-state index is 13.2. The molecule has 6 nitrogen and oxygen atoms in total. The molecule has 1 heterocycles. The van der Waals surface area contributed by atoms with E-state index in [0.29, 0.717) is 19.8 Å². The van der Waals surface area contributed by atoms with Gasteiger partial charge < -0.3 is 10.1 Å². The highest BCUT2D eigenvalue weighted by Gasteiger charge is 2.28. The number of carbonyl (C=O) groups is 1. The second-order valence-corrected chi connectivity index (χ2v) is 5.53. The minimum Gasteiger partial charge on any atom is -0.381 e. The molecule has 1 saturated heterocycles. The summed E-state index contributed by atoms with van der Waals surface area (Å²) in [6.07, 6.45) is 1.69. The second-order valence-electron chi connectivity index (χ2n) is 5.53. The number of halogens is 1. The minimum atomic E-state index is -0.951. The van der Waals surface area contributed by atoms with Crippen LogP contribution in [-0.4, -0.2) is 30.6 Å². The number of nitrogens with zero attached hydrogens (tertiary/aromatic N) is 1. The number of rotatable bonds is 4. The monoisotopic (exact) mass is 296 g/mol. The predicted molar refractivity (Wildman–Crippen MR) is 73.5 cm³/mol. The Kier molecular flexibility index (Phi) is 4.52. The number of benzene rings is 1. The SMILES string of the molecule is CC1(CNC(=O)c2ccc(F)c([N+](=O)[O-])c2)CCOCC1. The Morgan fingerprint density at radius 1 is 1.48 bits per heavy atom. The van der Waals surface area contributed by atoms with Crippen LogP contribution < -0.4 is 5.32 Å². The molecule has 1 N–H and O–H groups in total. The molecular formula is C14H17FN2O4. The van der Waals surface area contributed by atoms with Crippen LogP contribution in [0.2, 0.25) is 0 Å². The Bertz CT molecular complexity index is 556. The minimum absolute atomic E-state index is 0.0418. The first-order valence-corrected chi connectivity index (χ1v) is 6.71. The van der Waals surface area contributed by atoms with Crippen LogP contribution in [0.15, 0.2) is 18.2 Å². The maximum atomic E-state index is 13.2. The molecule has 0 spiro atoms. The average molecular weight is 296 g/mol. The number of carbonyl (C=O) groups excluding carboxylic acids is 1. The molecule has 0 unspecified atom stereocenters. The lowest BCUT2D eigenvalue weighted by Gasteiger charge is -2.33. The number of nitro benzene ring substituents is 1. The highest BCUT2D eigenvalue weighted by molar-refractivity contribution is 5.94. The molecule has 114 valence electrons. The average Bonchev–Trinajstić information content (AvgIpc) is 2.46. The molecule has 0 aliphatic carbocycles. The summed E-state index contributed by atoms with van der Waals surface area (Å²) in [4.78, 5) is 21.9. The van der Waals surface area contributed by atoms with Crippen LogP contribution in [0.3, 0.4) is 0 Å². The molecule has 0 saturated carbocycles. The molecular weight excluding hydrogens is 279 g/mol. The van der Waals surface area contributed by atoms with Crippen molar-refractivity contribution < 1.29 is 18.8 Å². The number of nitro groups is 1. The Morgan fingerprint density at radius 2 is 2.14 bits per heavy atom. The molecule has 1 fully saturated rings. The van der Waals surface area contributed by atoms with Gasteiger partial charge in [0.2, 0.25) is 5.82 Å². The fourth-order valence-electron chi connectivity index (χ4n) is 2.23. The highest BCUT2D eigenvalue weighted by Crippen LogP contribution is 2.28. The molecule has 7 heteroatoms. The van der Waals surface area contributed by atoms with Crippen molar-refractivity contribution in [3.63, 3.8) is 0 Å². The van der Waals surface area contributed by atoms with Gasteiger partial charge in [-0.15, -0.1) is 0 Å². The van der Waals surface area contributed by atoms with Crippen LogP contribution in [0.25, 0.3) is 0 Å². The van der Waals surface area contributed by atoms with Gasteiger partial charge in [0.15, 0.2) is 0 Å². The molecule has 0 atom stereocenters. The molecule has 2 rings (SSSR count). The van der Waals surface area contributed by atoms with Crippen molar-refractivity contribution in [2.24, 2.45) is 5.41 Å². The fourth-order valence-corrected chi connectivity index (χ4v) is 2.23. The van der Waals surface area contributed by atoms with Crippen LogP contribution in [0.5, 0.6) is 0 Å². The molecule has 0 bridgehead atoms. The van der Waals surface area contributed by atoms with E-state index in [1.165, 1.54) is 6.07 Å². The Labute approximate surface area is 121 Å². The zero-order valence-corrected chi connectivity index (χ0v) is 11.7. The summed E-state index contributed by atoms with van der Waals surface area (Å²) in [5.41, 5.74) is -0.654. The predicted octanol–water partition coefficient (Wildman–Crippen LogP) is 2.28. The van der Waals surface area contributed by atoms with Gasteiger partial charge in [-0.25, -0.2) is 0 Å². The van der Waals surface area contributed by atoms with Gasteiger partial charge >= 0.3 is 5.69 Å². The summed E-state index contributed by atoms with van der Waals surface area (Å²) < 4.78 is 18.5. The largest absolute Gasteiger partial charge is 0.381 e. The number of hydrogen-bond donors (Lipinski definition) is 1. The maximum Gasteiger partial charge on any atom is 0.305 e. The van der Waals surface area contributed by atoms with Crippen molar-refractivity contribution in [2.75, 3.05) is 19.8 Å². The van der Waals surface area contributed by atoms with Crippen molar-refractivity contribution in [1.29, 1.82) is 0 Å². The Balaban J connectivity index is 2.03. The van der Waals surface area contributed by atoms with Crippen molar-refractivity contribution in [3.05, 3.63) is 39.7 Å². The second kappa shape index (κ2) is 6.17. The van der Waals surface area contributed by atoms with Gasteiger partial charge in [-0.3, -0.25) is 14.9 Å². The molecule has 1 amide bonds.